The van der Waals surface area contributed by atoms with Gasteiger partial charge in [-0.3, -0.25) is 4.79 Å². The summed E-state index contributed by atoms with van der Waals surface area (Å²) in [6.45, 7) is 1.75. The number of halogens is 3. The number of hydrogen-bond donors (Lipinski definition) is 3. The Kier molecular flexibility index (Phi) is 6.66. The number of nitrogens with one attached hydrogen (secondary N) is 2. The smallest absolute Gasteiger partial charge is 0.422 e. The minimum Gasteiger partial charge on any atom is -0.479 e. The Balaban J connectivity index is 1.67. The number of alkyl carbamates (subject to hydrolysis) is 1. The van der Waals surface area contributed by atoms with Crippen molar-refractivity contribution in [3.63, 3.8) is 0 Å². The van der Waals surface area contributed by atoms with Crippen LogP contribution in [0, 0.1) is 0 Å². The van der Waals surface area contributed by atoms with Gasteiger partial charge in [0, 0.05) is 5.92 Å². The van der Waals surface area contributed by atoms with E-state index in [1.807, 2.05) is 48.5 Å². The van der Waals surface area contributed by atoms with E-state index in [9.17, 15) is 27.6 Å². The minimum atomic E-state index is -5.24. The average Bonchev–Trinajstić information content (AvgIpc) is 3.08. The zero-order valence-corrected chi connectivity index (χ0v) is 17.9. The SMILES string of the molecule is CC[C@@H](NC(=O)OCC1c2ccccc2-c2ccccc21)C(=O)NC(C)(C(=O)O)C(F)(F)F. The van der Waals surface area contributed by atoms with Crippen molar-refractivity contribution >= 4 is 18.0 Å². The molecule has 0 fully saturated rings. The van der Waals surface area contributed by atoms with Gasteiger partial charge in [0.05, 0.1) is 0 Å². The first-order valence-corrected chi connectivity index (χ1v) is 10.2. The highest BCUT2D eigenvalue weighted by Crippen LogP contribution is 2.44. The second-order valence-corrected chi connectivity index (χ2v) is 7.85. The van der Waals surface area contributed by atoms with Gasteiger partial charge in [-0.2, -0.15) is 13.2 Å². The third-order valence-electron chi connectivity index (χ3n) is 5.73. The predicted octanol–water partition coefficient (Wildman–Crippen LogP) is 3.83. The molecule has 3 rings (SSSR count). The number of aliphatic carboxylic acids is 1. The number of hydrogen-bond acceptors (Lipinski definition) is 4. The van der Waals surface area contributed by atoms with Crippen LogP contribution in [-0.4, -0.2) is 47.4 Å². The Morgan fingerprint density at radius 1 is 1.03 bits per heavy atom. The van der Waals surface area contributed by atoms with Gasteiger partial charge in [0.2, 0.25) is 11.4 Å². The van der Waals surface area contributed by atoms with E-state index in [1.54, 1.807) is 0 Å². The summed E-state index contributed by atoms with van der Waals surface area (Å²) in [7, 11) is 0. The van der Waals surface area contributed by atoms with E-state index in [0.717, 1.165) is 22.3 Å². The third kappa shape index (κ3) is 4.64. The van der Waals surface area contributed by atoms with Gasteiger partial charge in [-0.1, -0.05) is 55.5 Å². The van der Waals surface area contributed by atoms with Crippen molar-refractivity contribution in [1.29, 1.82) is 0 Å². The lowest BCUT2D eigenvalue weighted by molar-refractivity contribution is -0.207. The number of amides is 2. The number of carbonyl (C=O) groups excluding carboxylic acids is 2. The normalized spacial score (nSPS) is 15.5. The van der Waals surface area contributed by atoms with Crippen LogP contribution in [0.5, 0.6) is 0 Å². The highest BCUT2D eigenvalue weighted by Gasteiger charge is 2.58. The summed E-state index contributed by atoms with van der Waals surface area (Å²) < 4.78 is 44.8. The minimum absolute atomic E-state index is 0.0483. The Morgan fingerprint density at radius 3 is 2.00 bits per heavy atom. The first-order valence-electron chi connectivity index (χ1n) is 10.2. The molecular weight excluding hydrogens is 441 g/mol. The highest BCUT2D eigenvalue weighted by molar-refractivity contribution is 5.91. The number of benzene rings is 2. The van der Waals surface area contributed by atoms with E-state index in [0.29, 0.717) is 6.92 Å². The van der Waals surface area contributed by atoms with E-state index >= 15 is 0 Å². The van der Waals surface area contributed by atoms with E-state index in [4.69, 9.17) is 9.84 Å². The van der Waals surface area contributed by atoms with E-state index < -0.39 is 35.7 Å². The average molecular weight is 464 g/mol. The summed E-state index contributed by atoms with van der Waals surface area (Å²) in [4.78, 5) is 35.8. The molecule has 176 valence electrons. The fraction of sp³-hybridized carbons (Fsp3) is 0.348. The van der Waals surface area contributed by atoms with Gasteiger partial charge >= 0.3 is 18.2 Å². The number of rotatable bonds is 7. The van der Waals surface area contributed by atoms with Crippen LogP contribution in [0.1, 0.15) is 37.3 Å². The molecule has 0 aromatic heterocycles. The Morgan fingerprint density at radius 2 is 1.55 bits per heavy atom. The number of fused-ring (bicyclic) bond motifs is 3. The van der Waals surface area contributed by atoms with E-state index in [-0.39, 0.29) is 18.9 Å². The van der Waals surface area contributed by atoms with Gasteiger partial charge in [-0.25, -0.2) is 9.59 Å². The quantitative estimate of drug-likeness (QED) is 0.578. The van der Waals surface area contributed by atoms with Crippen molar-refractivity contribution in [1.82, 2.24) is 10.6 Å². The number of carboxylic acids is 1. The molecule has 2 amide bonds. The summed E-state index contributed by atoms with van der Waals surface area (Å²) in [5.41, 5.74) is 0.485. The fourth-order valence-corrected chi connectivity index (χ4v) is 3.71. The summed E-state index contributed by atoms with van der Waals surface area (Å²) in [5.74, 6) is -3.79. The van der Waals surface area contributed by atoms with Crippen LogP contribution < -0.4 is 10.6 Å². The van der Waals surface area contributed by atoms with Crippen LogP contribution >= 0.6 is 0 Å². The molecular formula is C23H23F3N2O5. The first-order chi connectivity index (χ1) is 15.5. The van der Waals surface area contributed by atoms with Crippen LogP contribution in [0.15, 0.2) is 48.5 Å². The van der Waals surface area contributed by atoms with Crippen molar-refractivity contribution < 1.29 is 37.4 Å². The number of carbonyl (C=O) groups is 3. The number of carboxylic acid groups (broad SMARTS) is 1. The molecule has 0 radical (unpaired) electrons. The fourth-order valence-electron chi connectivity index (χ4n) is 3.71. The Labute approximate surface area is 187 Å². The van der Waals surface area contributed by atoms with Crippen molar-refractivity contribution in [2.45, 2.75) is 43.9 Å². The maximum atomic E-state index is 13.2. The number of ether oxygens (including phenoxy) is 1. The van der Waals surface area contributed by atoms with E-state index in [2.05, 4.69) is 5.32 Å². The number of alkyl halides is 3. The summed E-state index contributed by atoms with van der Waals surface area (Å²) >= 11 is 0. The third-order valence-corrected chi connectivity index (χ3v) is 5.73. The molecule has 1 aliphatic rings. The van der Waals surface area contributed by atoms with Crippen LogP contribution in [-0.2, 0) is 14.3 Å². The van der Waals surface area contributed by atoms with Gasteiger partial charge in [-0.15, -0.1) is 0 Å². The maximum Gasteiger partial charge on any atom is 0.422 e. The van der Waals surface area contributed by atoms with Crippen LogP contribution in [0.25, 0.3) is 11.1 Å². The molecule has 0 saturated carbocycles. The van der Waals surface area contributed by atoms with Gasteiger partial charge < -0.3 is 20.5 Å². The molecule has 0 saturated heterocycles. The summed E-state index contributed by atoms with van der Waals surface area (Å²) in [6, 6.07) is 13.9. The van der Waals surface area contributed by atoms with Crippen LogP contribution in [0.2, 0.25) is 0 Å². The van der Waals surface area contributed by atoms with E-state index in [1.165, 1.54) is 12.2 Å². The lowest BCUT2D eigenvalue weighted by Crippen LogP contribution is -2.64. The lowest BCUT2D eigenvalue weighted by atomic mass is 9.98. The summed E-state index contributed by atoms with van der Waals surface area (Å²) in [5, 5.41) is 12.7. The molecule has 0 spiro atoms. The van der Waals surface area contributed by atoms with Gasteiger partial charge in [-0.05, 0) is 35.6 Å². The monoisotopic (exact) mass is 464 g/mol. The van der Waals surface area contributed by atoms with Crippen LogP contribution in [0.4, 0.5) is 18.0 Å². The Bertz CT molecular complexity index is 1030. The molecule has 10 heteroatoms. The van der Waals surface area contributed by atoms with Crippen molar-refractivity contribution in [3.8, 4) is 11.1 Å². The molecule has 0 aliphatic heterocycles. The first kappa shape index (κ1) is 24.1. The van der Waals surface area contributed by atoms with Crippen molar-refractivity contribution in [3.05, 3.63) is 59.7 Å². The molecule has 1 unspecified atom stereocenters. The van der Waals surface area contributed by atoms with Gasteiger partial charge in [0.15, 0.2) is 0 Å². The van der Waals surface area contributed by atoms with Crippen LogP contribution in [0.3, 0.4) is 0 Å². The largest absolute Gasteiger partial charge is 0.479 e. The molecule has 7 nitrogen and oxygen atoms in total. The molecule has 2 aromatic carbocycles. The predicted molar refractivity (Wildman–Crippen MR) is 113 cm³/mol. The second-order valence-electron chi connectivity index (χ2n) is 7.85. The molecule has 0 bridgehead atoms. The lowest BCUT2D eigenvalue weighted by Gasteiger charge is -2.30. The highest BCUT2D eigenvalue weighted by atomic mass is 19.4. The standard InChI is InChI=1S/C23H23F3N2O5/c1-3-18(19(29)28-22(2,20(30)31)23(24,25)26)27-21(32)33-12-17-15-10-6-4-8-13(15)14-9-5-7-11-16(14)17/h4-11,17-18H,3,12H2,1-2H3,(H,27,32)(H,28,29)(H,30,31)/t18-,22?/m1/s1. The second kappa shape index (κ2) is 9.13. The zero-order valence-electron chi connectivity index (χ0n) is 17.9. The van der Waals surface area contributed by atoms with Crippen molar-refractivity contribution in [2.24, 2.45) is 0 Å². The molecule has 2 atom stereocenters. The molecule has 3 N–H and O–H groups in total. The molecule has 0 heterocycles. The molecule has 2 aromatic rings. The molecule has 1 aliphatic carbocycles. The summed E-state index contributed by atoms with van der Waals surface area (Å²) in [6.07, 6.45) is -6.32. The maximum absolute atomic E-state index is 13.2. The van der Waals surface area contributed by atoms with Crippen molar-refractivity contribution in [2.75, 3.05) is 6.61 Å². The zero-order chi connectivity index (χ0) is 24.4. The van der Waals surface area contributed by atoms with Gasteiger partial charge in [0.25, 0.3) is 0 Å². The topological polar surface area (TPSA) is 105 Å². The molecule has 33 heavy (non-hydrogen) atoms. The Hall–Kier alpha value is -3.56. The van der Waals surface area contributed by atoms with Gasteiger partial charge in [0.1, 0.15) is 12.6 Å².